The van der Waals surface area contributed by atoms with E-state index in [1.54, 1.807) is 4.90 Å². The van der Waals surface area contributed by atoms with E-state index < -0.39 is 74.7 Å². The van der Waals surface area contributed by atoms with Crippen molar-refractivity contribution in [2.24, 2.45) is 27.6 Å². The van der Waals surface area contributed by atoms with Gasteiger partial charge in [0.25, 0.3) is 16.1 Å². The van der Waals surface area contributed by atoms with E-state index in [4.69, 9.17) is 0 Å². The van der Waals surface area contributed by atoms with E-state index in [2.05, 4.69) is 42.0 Å². The lowest BCUT2D eigenvalue weighted by atomic mass is 9.51. The maximum atomic E-state index is 14.8. The van der Waals surface area contributed by atoms with Crippen LogP contribution in [0, 0.1) is 27.6 Å². The summed E-state index contributed by atoms with van der Waals surface area (Å²) in [6.45, 7) is 20.0. The predicted molar refractivity (Wildman–Crippen MR) is 206 cm³/mol. The molecule has 14 nitrogen and oxygen atoms in total. The summed E-state index contributed by atoms with van der Waals surface area (Å²) in [5.74, 6) is -2.35. The second kappa shape index (κ2) is 16.5. The quantitative estimate of drug-likeness (QED) is 0.174. The first-order valence-corrected chi connectivity index (χ1v) is 20.7. The molecule has 0 aromatic heterocycles. The van der Waals surface area contributed by atoms with Gasteiger partial charge < -0.3 is 26.2 Å². The van der Waals surface area contributed by atoms with Crippen molar-refractivity contribution in [2.45, 2.75) is 151 Å². The zero-order chi connectivity index (χ0) is 40.5. The molecule has 5 atom stereocenters. The summed E-state index contributed by atoms with van der Waals surface area (Å²) in [6.07, 6.45) is 6.10. The number of likely N-dealkylation sites (N-methyl/N-ethyl adjacent to an activating group) is 1. The lowest BCUT2D eigenvalue weighted by molar-refractivity contribution is -0.144. The van der Waals surface area contributed by atoms with Crippen LogP contribution in [0.25, 0.3) is 0 Å². The lowest BCUT2D eigenvalue weighted by Crippen LogP contribution is -2.62. The standard InChI is InChI=1S/C38H69N7O7S/c1-14-16-26(29(46)32(48)39-25-17-18-25)40-31(47)27-21-24(37(8,9)38(10)19-15-20-38)22-45(27)33(49)30(36(5,6)7)42-34(50)41-28(35(2,3)4)23-44(13)53(51,52)43(11)12/h24-28,30H,14-23H2,1-13H3,(H,39,48)(H,40,47)(H2,41,42,50)/t24?,26?,27-,28+,30+/m0/s1. The second-order valence-corrected chi connectivity index (χ2v) is 21.2. The van der Waals surface area contributed by atoms with Crippen LogP contribution >= 0.6 is 0 Å². The van der Waals surface area contributed by atoms with Crippen LogP contribution in [0.5, 0.6) is 0 Å². The summed E-state index contributed by atoms with van der Waals surface area (Å²) in [7, 11) is 0.580. The maximum Gasteiger partial charge on any atom is 0.315 e. The molecule has 2 unspecified atom stereocenters. The first-order chi connectivity index (χ1) is 24.2. The van der Waals surface area contributed by atoms with E-state index in [0.717, 1.165) is 36.4 Å². The fourth-order valence-electron chi connectivity index (χ4n) is 7.47. The molecule has 3 fully saturated rings. The number of nitrogens with one attached hydrogen (secondary N) is 4. The van der Waals surface area contributed by atoms with Crippen molar-refractivity contribution >= 4 is 39.7 Å². The largest absolute Gasteiger partial charge is 0.347 e. The Morgan fingerprint density at radius 3 is 1.92 bits per heavy atom. The number of amides is 5. The Bertz CT molecular complexity index is 1480. The molecule has 2 aliphatic carbocycles. The maximum absolute atomic E-state index is 14.8. The Balaban J connectivity index is 1.92. The number of likely N-dealkylation sites (tertiary alicyclic amines) is 1. The summed E-state index contributed by atoms with van der Waals surface area (Å²) >= 11 is 0. The van der Waals surface area contributed by atoms with Crippen molar-refractivity contribution in [3.05, 3.63) is 0 Å². The molecule has 304 valence electrons. The third kappa shape index (κ3) is 10.5. The van der Waals surface area contributed by atoms with Crippen molar-refractivity contribution in [3.8, 4) is 0 Å². The van der Waals surface area contributed by atoms with Gasteiger partial charge in [-0.3, -0.25) is 19.2 Å². The van der Waals surface area contributed by atoms with E-state index >= 15 is 0 Å². The average molecular weight is 768 g/mol. The highest BCUT2D eigenvalue weighted by atomic mass is 32.2. The smallest absolute Gasteiger partial charge is 0.315 e. The van der Waals surface area contributed by atoms with Gasteiger partial charge >= 0.3 is 6.03 Å². The minimum Gasteiger partial charge on any atom is -0.347 e. The van der Waals surface area contributed by atoms with Gasteiger partial charge in [-0.25, -0.2) is 4.79 Å². The third-order valence-corrected chi connectivity index (χ3v) is 14.2. The number of carbonyl (C=O) groups is 5. The van der Waals surface area contributed by atoms with Gasteiger partial charge in [0.15, 0.2) is 0 Å². The molecule has 0 aromatic carbocycles. The molecule has 3 rings (SSSR count). The van der Waals surface area contributed by atoms with Gasteiger partial charge in [-0.15, -0.1) is 0 Å². The zero-order valence-electron chi connectivity index (χ0n) is 34.6. The average Bonchev–Trinajstić information content (AvgIpc) is 3.72. The van der Waals surface area contributed by atoms with Crippen LogP contribution in [-0.4, -0.2) is 116 Å². The molecule has 0 radical (unpaired) electrons. The van der Waals surface area contributed by atoms with Crippen molar-refractivity contribution in [1.82, 2.24) is 34.8 Å². The van der Waals surface area contributed by atoms with Crippen LogP contribution in [0.4, 0.5) is 4.79 Å². The number of urea groups is 1. The van der Waals surface area contributed by atoms with Gasteiger partial charge in [-0.2, -0.15) is 17.0 Å². The molecule has 4 N–H and O–H groups in total. The summed E-state index contributed by atoms with van der Waals surface area (Å²) in [4.78, 5) is 70.3. The van der Waals surface area contributed by atoms with E-state index in [1.165, 1.54) is 25.4 Å². The Morgan fingerprint density at radius 1 is 0.887 bits per heavy atom. The van der Waals surface area contributed by atoms with Gasteiger partial charge in [0.05, 0.1) is 6.04 Å². The van der Waals surface area contributed by atoms with Crippen LogP contribution in [0.2, 0.25) is 0 Å². The number of hydrogen-bond acceptors (Lipinski definition) is 7. The highest BCUT2D eigenvalue weighted by Gasteiger charge is 2.55. The molecule has 15 heteroatoms. The normalized spacial score (nSPS) is 22.4. The van der Waals surface area contributed by atoms with E-state index in [-0.39, 0.29) is 35.8 Å². The van der Waals surface area contributed by atoms with Crippen molar-refractivity contribution in [2.75, 3.05) is 34.2 Å². The number of rotatable bonds is 16. The minimum atomic E-state index is -3.75. The predicted octanol–water partition coefficient (Wildman–Crippen LogP) is 3.42. The van der Waals surface area contributed by atoms with Gasteiger partial charge in [0.1, 0.15) is 12.1 Å². The van der Waals surface area contributed by atoms with Gasteiger partial charge in [-0.05, 0) is 66.1 Å². The third-order valence-electron chi connectivity index (χ3n) is 12.3. The number of ketones is 1. The molecule has 3 aliphatic rings. The monoisotopic (exact) mass is 767 g/mol. The Morgan fingerprint density at radius 2 is 1.47 bits per heavy atom. The first-order valence-electron chi connectivity index (χ1n) is 19.3. The summed E-state index contributed by atoms with van der Waals surface area (Å²) in [5.41, 5.74) is -1.52. The van der Waals surface area contributed by atoms with Crippen molar-refractivity contribution < 1.29 is 32.4 Å². The molecular weight excluding hydrogens is 699 g/mol. The van der Waals surface area contributed by atoms with Gasteiger partial charge in [0.2, 0.25) is 17.6 Å². The molecule has 0 spiro atoms. The SMILES string of the molecule is CCCC(NC(=O)[C@@H]1CC(C(C)(C)C2(C)CCC2)CN1C(=O)[C@@H](NC(=O)N[C@H](CN(C)S(=O)(=O)N(C)C)C(C)(C)C)C(C)(C)C)C(=O)C(=O)NC1CC1. The zero-order valence-corrected chi connectivity index (χ0v) is 35.5. The molecule has 0 bridgehead atoms. The van der Waals surface area contributed by atoms with Crippen molar-refractivity contribution in [1.29, 1.82) is 0 Å². The number of hydrogen-bond donors (Lipinski definition) is 4. The molecular formula is C38H69N7O7S. The van der Waals surface area contributed by atoms with Gasteiger partial charge in [0, 0.05) is 46.3 Å². The molecule has 0 aromatic rings. The van der Waals surface area contributed by atoms with Gasteiger partial charge in [-0.1, -0.05) is 82.1 Å². The second-order valence-electron chi connectivity index (χ2n) is 18.9. The number of nitrogens with zero attached hydrogens (tertiary/aromatic N) is 3. The molecule has 1 saturated heterocycles. The van der Waals surface area contributed by atoms with Crippen LogP contribution in [0.15, 0.2) is 0 Å². The number of Topliss-reactive ketones (excluding diaryl/α,β-unsaturated/α-hetero) is 1. The highest BCUT2D eigenvalue weighted by molar-refractivity contribution is 7.86. The minimum absolute atomic E-state index is 0.00654. The molecule has 53 heavy (non-hydrogen) atoms. The van der Waals surface area contributed by atoms with E-state index in [0.29, 0.717) is 19.4 Å². The van der Waals surface area contributed by atoms with Crippen molar-refractivity contribution in [3.63, 3.8) is 0 Å². The lowest BCUT2D eigenvalue weighted by Gasteiger charge is -2.54. The number of carbonyl (C=O) groups excluding carboxylic acids is 5. The van der Waals surface area contributed by atoms with Crippen LogP contribution in [0.3, 0.4) is 0 Å². The van der Waals surface area contributed by atoms with Crippen LogP contribution < -0.4 is 21.3 Å². The topological polar surface area (TPSA) is 177 Å². The fraction of sp³-hybridized carbons (Fsp3) is 0.868. The molecule has 2 saturated carbocycles. The fourth-order valence-corrected chi connectivity index (χ4v) is 8.37. The Hall–Kier alpha value is -2.78. The van der Waals surface area contributed by atoms with E-state index in [9.17, 15) is 32.4 Å². The Kier molecular flexibility index (Phi) is 13.9. The summed E-state index contributed by atoms with van der Waals surface area (Å²) in [5, 5.41) is 11.4. The van der Waals surface area contributed by atoms with Crippen LogP contribution in [-0.2, 0) is 29.4 Å². The summed E-state index contributed by atoms with van der Waals surface area (Å²) in [6, 6.07) is -4.26. The van der Waals surface area contributed by atoms with Crippen LogP contribution in [0.1, 0.15) is 121 Å². The van der Waals surface area contributed by atoms with E-state index in [1.807, 2.05) is 48.5 Å². The first kappa shape index (κ1) is 44.6. The Labute approximate surface area is 318 Å². The molecule has 1 aliphatic heterocycles. The molecule has 5 amide bonds. The summed E-state index contributed by atoms with van der Waals surface area (Å²) < 4.78 is 27.9. The molecule has 1 heterocycles. The highest BCUT2D eigenvalue weighted by Crippen LogP contribution is 2.59.